The lowest BCUT2D eigenvalue weighted by molar-refractivity contribution is -0.108. The minimum atomic E-state index is -1.30. The Bertz CT molecular complexity index is 207. The van der Waals surface area contributed by atoms with E-state index in [1.165, 1.54) is 0 Å². The fourth-order valence-corrected chi connectivity index (χ4v) is 1.36. The Morgan fingerprint density at radius 3 is 2.46 bits per heavy atom. The maximum atomic E-state index is 10.1. The van der Waals surface area contributed by atoms with Crippen LogP contribution in [0.15, 0.2) is 0 Å². The van der Waals surface area contributed by atoms with Crippen LogP contribution in [-0.4, -0.2) is 27.6 Å². The van der Waals surface area contributed by atoms with E-state index in [0.717, 1.165) is 6.29 Å². The zero-order valence-corrected chi connectivity index (χ0v) is 9.89. The maximum absolute atomic E-state index is 10.1. The molecule has 0 unspecified atom stereocenters. The Kier molecular flexibility index (Phi) is 5.68. The standard InChI is InChI=1S/C10H18O2Si/c1-12-10(6-5-8-11)7-9-13(2,3)4/h8,10H,5-6H2,1-4H3/t10-/m0/s1. The van der Waals surface area contributed by atoms with Crippen LogP contribution in [0.3, 0.4) is 0 Å². The minimum absolute atomic E-state index is 0.0723. The van der Waals surface area contributed by atoms with Gasteiger partial charge in [0, 0.05) is 13.5 Å². The summed E-state index contributed by atoms with van der Waals surface area (Å²) in [5, 5.41) is 0. The molecule has 0 saturated heterocycles. The molecule has 0 radical (unpaired) electrons. The second kappa shape index (κ2) is 5.95. The first kappa shape index (κ1) is 12.4. The van der Waals surface area contributed by atoms with Crippen molar-refractivity contribution in [3.63, 3.8) is 0 Å². The highest BCUT2D eigenvalue weighted by Crippen LogP contribution is 2.01. The molecule has 1 atom stereocenters. The van der Waals surface area contributed by atoms with Gasteiger partial charge in [0.05, 0.1) is 0 Å². The van der Waals surface area contributed by atoms with E-state index in [-0.39, 0.29) is 6.10 Å². The lowest BCUT2D eigenvalue weighted by Crippen LogP contribution is -2.18. The van der Waals surface area contributed by atoms with Crippen LogP contribution in [0.1, 0.15) is 12.8 Å². The third kappa shape index (κ3) is 7.76. The Hall–Kier alpha value is -0.593. The van der Waals surface area contributed by atoms with Gasteiger partial charge in [-0.1, -0.05) is 25.6 Å². The molecular formula is C10H18O2Si. The molecule has 0 rings (SSSR count). The average Bonchev–Trinajstić information content (AvgIpc) is 2.03. The summed E-state index contributed by atoms with van der Waals surface area (Å²) >= 11 is 0. The molecule has 0 aromatic carbocycles. The predicted molar refractivity (Wildman–Crippen MR) is 57.2 cm³/mol. The summed E-state index contributed by atoms with van der Waals surface area (Å²) in [5.74, 6) is 3.07. The molecule has 0 aromatic heterocycles. The molecule has 0 heterocycles. The molecule has 0 fully saturated rings. The first-order valence-electron chi connectivity index (χ1n) is 4.48. The molecule has 0 N–H and O–H groups in total. The van der Waals surface area contributed by atoms with Crippen LogP contribution >= 0.6 is 0 Å². The van der Waals surface area contributed by atoms with E-state index in [2.05, 4.69) is 31.1 Å². The number of aldehydes is 1. The molecule has 0 aliphatic carbocycles. The van der Waals surface area contributed by atoms with Gasteiger partial charge in [0.25, 0.3) is 0 Å². The number of carbonyl (C=O) groups excluding carboxylic acids is 1. The number of methoxy groups -OCH3 is 1. The monoisotopic (exact) mass is 198 g/mol. The van der Waals surface area contributed by atoms with E-state index in [0.29, 0.717) is 12.8 Å². The fourth-order valence-electron chi connectivity index (χ4n) is 0.765. The van der Waals surface area contributed by atoms with Gasteiger partial charge in [-0.3, -0.25) is 0 Å². The van der Waals surface area contributed by atoms with Crippen LogP contribution < -0.4 is 0 Å². The van der Waals surface area contributed by atoms with Crippen molar-refractivity contribution in [2.45, 2.75) is 38.6 Å². The summed E-state index contributed by atoms with van der Waals surface area (Å²) < 4.78 is 5.14. The Labute approximate surface area is 81.7 Å². The Morgan fingerprint density at radius 1 is 1.46 bits per heavy atom. The molecule has 2 nitrogen and oxygen atoms in total. The third-order valence-electron chi connectivity index (χ3n) is 1.44. The van der Waals surface area contributed by atoms with Crippen molar-refractivity contribution in [1.29, 1.82) is 0 Å². The first-order valence-corrected chi connectivity index (χ1v) is 7.98. The van der Waals surface area contributed by atoms with Crippen LogP contribution in [0, 0.1) is 11.5 Å². The lowest BCUT2D eigenvalue weighted by Gasteiger charge is -2.08. The van der Waals surface area contributed by atoms with Crippen molar-refractivity contribution in [2.75, 3.05) is 7.11 Å². The number of rotatable bonds is 4. The molecule has 0 amide bonds. The topological polar surface area (TPSA) is 26.3 Å². The predicted octanol–water partition coefficient (Wildman–Crippen LogP) is 1.86. The van der Waals surface area contributed by atoms with Gasteiger partial charge in [0.2, 0.25) is 0 Å². The summed E-state index contributed by atoms with van der Waals surface area (Å²) in [6.07, 6.45) is 2.07. The minimum Gasteiger partial charge on any atom is -0.369 e. The van der Waals surface area contributed by atoms with Gasteiger partial charge in [0.15, 0.2) is 0 Å². The van der Waals surface area contributed by atoms with Crippen molar-refractivity contribution in [3.8, 4) is 11.5 Å². The normalized spacial score (nSPS) is 12.9. The van der Waals surface area contributed by atoms with Crippen molar-refractivity contribution < 1.29 is 9.53 Å². The third-order valence-corrected chi connectivity index (χ3v) is 2.33. The summed E-state index contributed by atoms with van der Waals surface area (Å²) in [5.41, 5.74) is 3.23. The number of hydrogen-bond donors (Lipinski definition) is 0. The van der Waals surface area contributed by atoms with Gasteiger partial charge >= 0.3 is 0 Å². The van der Waals surface area contributed by atoms with Gasteiger partial charge in [-0.15, -0.1) is 5.54 Å². The van der Waals surface area contributed by atoms with Crippen LogP contribution in [0.5, 0.6) is 0 Å². The summed E-state index contributed by atoms with van der Waals surface area (Å²) in [4.78, 5) is 10.1. The zero-order valence-electron chi connectivity index (χ0n) is 8.89. The van der Waals surface area contributed by atoms with Gasteiger partial charge in [-0.25, -0.2) is 0 Å². The van der Waals surface area contributed by atoms with E-state index in [9.17, 15) is 4.79 Å². The van der Waals surface area contributed by atoms with E-state index in [4.69, 9.17) is 4.74 Å². The smallest absolute Gasteiger partial charge is 0.129 e. The molecular weight excluding hydrogens is 180 g/mol. The van der Waals surface area contributed by atoms with E-state index in [1.54, 1.807) is 7.11 Å². The van der Waals surface area contributed by atoms with Crippen molar-refractivity contribution in [1.82, 2.24) is 0 Å². The summed E-state index contributed by atoms with van der Waals surface area (Å²) in [7, 11) is 0.328. The van der Waals surface area contributed by atoms with Crippen LogP contribution in [-0.2, 0) is 9.53 Å². The van der Waals surface area contributed by atoms with E-state index < -0.39 is 8.07 Å². The molecule has 0 aliphatic rings. The highest BCUT2D eigenvalue weighted by atomic mass is 28.3. The number of carbonyl (C=O) groups is 1. The highest BCUT2D eigenvalue weighted by molar-refractivity contribution is 6.83. The number of ether oxygens (including phenoxy) is 1. The van der Waals surface area contributed by atoms with E-state index in [1.807, 2.05) is 0 Å². The average molecular weight is 198 g/mol. The maximum Gasteiger partial charge on any atom is 0.129 e. The van der Waals surface area contributed by atoms with Gasteiger partial charge < -0.3 is 9.53 Å². The molecule has 0 spiro atoms. The summed E-state index contributed by atoms with van der Waals surface area (Å²) in [6, 6.07) is 0. The first-order chi connectivity index (χ1) is 5.99. The summed E-state index contributed by atoms with van der Waals surface area (Å²) in [6.45, 7) is 6.56. The molecule has 0 saturated carbocycles. The molecule has 0 aromatic rings. The van der Waals surface area contributed by atoms with Crippen molar-refractivity contribution >= 4 is 14.4 Å². The van der Waals surface area contributed by atoms with Crippen molar-refractivity contribution in [3.05, 3.63) is 0 Å². The fraction of sp³-hybridized carbons (Fsp3) is 0.700. The van der Waals surface area contributed by atoms with Crippen LogP contribution in [0.4, 0.5) is 0 Å². The van der Waals surface area contributed by atoms with Gasteiger partial charge in [-0.05, 0) is 6.42 Å². The van der Waals surface area contributed by atoms with E-state index >= 15 is 0 Å². The molecule has 3 heteroatoms. The largest absolute Gasteiger partial charge is 0.369 e. The Balaban J connectivity index is 4.08. The highest BCUT2D eigenvalue weighted by Gasteiger charge is 2.09. The second-order valence-electron chi connectivity index (χ2n) is 3.99. The molecule has 74 valence electrons. The lowest BCUT2D eigenvalue weighted by atomic mass is 10.2. The Morgan fingerprint density at radius 2 is 2.08 bits per heavy atom. The van der Waals surface area contributed by atoms with Crippen LogP contribution in [0.25, 0.3) is 0 Å². The van der Waals surface area contributed by atoms with Crippen LogP contribution in [0.2, 0.25) is 19.6 Å². The zero-order chi connectivity index (χ0) is 10.3. The second-order valence-corrected chi connectivity index (χ2v) is 8.74. The molecule has 0 bridgehead atoms. The van der Waals surface area contributed by atoms with Gasteiger partial charge in [0.1, 0.15) is 20.5 Å². The van der Waals surface area contributed by atoms with Gasteiger partial charge in [-0.2, -0.15) is 0 Å². The van der Waals surface area contributed by atoms with Crippen molar-refractivity contribution in [2.24, 2.45) is 0 Å². The molecule has 0 aliphatic heterocycles. The number of hydrogen-bond acceptors (Lipinski definition) is 2. The SMILES string of the molecule is CO[C@H](C#C[Si](C)(C)C)CCC=O. The quantitative estimate of drug-likeness (QED) is 0.391. The molecule has 13 heavy (non-hydrogen) atoms.